The van der Waals surface area contributed by atoms with Crippen LogP contribution in [-0.2, 0) is 16.6 Å². The van der Waals surface area contributed by atoms with E-state index in [9.17, 15) is 13.6 Å². The van der Waals surface area contributed by atoms with Gasteiger partial charge in [-0.2, -0.15) is 0 Å². The van der Waals surface area contributed by atoms with Gasteiger partial charge in [-0.25, -0.2) is 13.8 Å². The number of H-pyrrole nitrogens is 2. The Bertz CT molecular complexity index is 1650. The number of aromatic amines is 2. The fraction of sp³-hybridized carbons (Fsp3) is 0.200. The smallest absolute Gasteiger partial charge is 0.303 e. The van der Waals surface area contributed by atoms with Crippen molar-refractivity contribution in [3.63, 3.8) is 0 Å². The Hall–Kier alpha value is -4.46. The molecule has 0 saturated heterocycles. The Morgan fingerprint density at radius 2 is 1.89 bits per heavy atom. The molecule has 0 fully saturated rings. The largest absolute Gasteiger partial charge is 0.481 e. The van der Waals surface area contributed by atoms with Gasteiger partial charge in [0.2, 0.25) is 0 Å². The van der Waals surface area contributed by atoms with Gasteiger partial charge in [0.1, 0.15) is 17.4 Å². The molecule has 0 bridgehead atoms. The number of aromatic nitrogens is 3. The average molecular weight is 516 g/mol. The maximum Gasteiger partial charge on any atom is 0.303 e. The van der Waals surface area contributed by atoms with Gasteiger partial charge >= 0.3 is 5.97 Å². The van der Waals surface area contributed by atoms with Crippen molar-refractivity contribution in [1.82, 2.24) is 15.0 Å². The van der Waals surface area contributed by atoms with Gasteiger partial charge in [0.15, 0.2) is 11.6 Å². The molecule has 0 spiro atoms. The molecule has 0 aliphatic heterocycles. The Balaban J connectivity index is 1.44. The molecule has 0 atom stereocenters. The lowest BCUT2D eigenvalue weighted by Crippen LogP contribution is -2.19. The highest BCUT2D eigenvalue weighted by Crippen LogP contribution is 2.36. The lowest BCUT2D eigenvalue weighted by atomic mass is 9.81. The van der Waals surface area contributed by atoms with Crippen molar-refractivity contribution in [2.45, 2.75) is 39.0 Å². The minimum Gasteiger partial charge on any atom is -0.481 e. The summed E-state index contributed by atoms with van der Waals surface area (Å²) >= 11 is 0. The SMILES string of the molecule is Cc1c(Oc2ccc(F)c(-c3ncc(C(C)(C)c4cccc(CCC(=O)O)c4)[nH]3)c2)c(F)cc2[nH]ccc12. The highest BCUT2D eigenvalue weighted by atomic mass is 19.1. The van der Waals surface area contributed by atoms with E-state index in [1.54, 1.807) is 19.3 Å². The number of aliphatic carboxylic acids is 1. The second-order valence-electron chi connectivity index (χ2n) is 9.86. The zero-order chi connectivity index (χ0) is 27.0. The Labute approximate surface area is 218 Å². The summed E-state index contributed by atoms with van der Waals surface area (Å²) in [6.45, 7) is 5.80. The van der Waals surface area contributed by atoms with Gasteiger partial charge in [0, 0.05) is 52.5 Å². The van der Waals surface area contributed by atoms with E-state index in [2.05, 4.69) is 15.0 Å². The molecular formula is C30H27F2N3O3. The third-order valence-corrected chi connectivity index (χ3v) is 6.95. The molecule has 0 aliphatic carbocycles. The number of rotatable bonds is 8. The number of imidazole rings is 1. The summed E-state index contributed by atoms with van der Waals surface area (Å²) in [5, 5.41) is 9.85. The zero-order valence-corrected chi connectivity index (χ0v) is 21.2. The predicted octanol–water partition coefficient (Wildman–Crippen LogP) is 7.28. The van der Waals surface area contributed by atoms with E-state index in [1.807, 2.05) is 44.2 Å². The molecule has 194 valence electrons. The molecule has 5 rings (SSSR count). The molecule has 5 aromatic rings. The summed E-state index contributed by atoms with van der Waals surface area (Å²) in [5.74, 6) is -1.18. The summed E-state index contributed by atoms with van der Waals surface area (Å²) in [4.78, 5) is 21.6. The van der Waals surface area contributed by atoms with Gasteiger partial charge < -0.3 is 19.8 Å². The number of carbonyl (C=O) groups is 1. The van der Waals surface area contributed by atoms with Gasteiger partial charge in [-0.05, 0) is 48.7 Å². The normalized spacial score (nSPS) is 11.7. The monoisotopic (exact) mass is 515 g/mol. The molecule has 0 radical (unpaired) electrons. The van der Waals surface area contributed by atoms with Crippen LogP contribution in [0.3, 0.4) is 0 Å². The van der Waals surface area contributed by atoms with Crippen LogP contribution >= 0.6 is 0 Å². The summed E-state index contributed by atoms with van der Waals surface area (Å²) in [5.41, 5.74) is 3.65. The van der Waals surface area contributed by atoms with Crippen molar-refractivity contribution in [3.05, 3.63) is 101 Å². The third kappa shape index (κ3) is 4.77. The fourth-order valence-electron chi connectivity index (χ4n) is 4.61. The molecule has 2 heterocycles. The Morgan fingerprint density at radius 1 is 1.08 bits per heavy atom. The van der Waals surface area contributed by atoms with Crippen molar-refractivity contribution in [2.75, 3.05) is 0 Å². The molecule has 0 saturated carbocycles. The van der Waals surface area contributed by atoms with Crippen molar-refractivity contribution < 1.29 is 23.4 Å². The predicted molar refractivity (Wildman–Crippen MR) is 142 cm³/mol. The van der Waals surface area contributed by atoms with Gasteiger partial charge in [-0.3, -0.25) is 4.79 Å². The highest BCUT2D eigenvalue weighted by Gasteiger charge is 2.26. The van der Waals surface area contributed by atoms with E-state index in [0.29, 0.717) is 23.3 Å². The van der Waals surface area contributed by atoms with Crippen LogP contribution in [0.2, 0.25) is 0 Å². The van der Waals surface area contributed by atoms with Crippen molar-refractivity contribution >= 4 is 16.9 Å². The second-order valence-corrected chi connectivity index (χ2v) is 9.86. The summed E-state index contributed by atoms with van der Waals surface area (Å²) in [6, 6.07) is 15.2. The van der Waals surface area contributed by atoms with Gasteiger partial charge in [-0.1, -0.05) is 38.1 Å². The maximum atomic E-state index is 14.9. The number of hydrogen-bond acceptors (Lipinski definition) is 3. The lowest BCUT2D eigenvalue weighted by molar-refractivity contribution is -0.136. The average Bonchev–Trinajstić information content (AvgIpc) is 3.57. The van der Waals surface area contributed by atoms with Crippen molar-refractivity contribution in [1.29, 1.82) is 0 Å². The molecule has 3 aromatic carbocycles. The third-order valence-electron chi connectivity index (χ3n) is 6.95. The fourth-order valence-corrected chi connectivity index (χ4v) is 4.61. The van der Waals surface area contributed by atoms with Gasteiger partial charge in [0.25, 0.3) is 0 Å². The number of carboxylic acid groups (broad SMARTS) is 1. The molecule has 6 nitrogen and oxygen atoms in total. The first kappa shape index (κ1) is 25.2. The van der Waals surface area contributed by atoms with E-state index in [4.69, 9.17) is 9.84 Å². The standard InChI is InChI=1S/C30H27F2N3O3/c1-17-21-11-12-33-25(21)15-24(32)28(17)38-20-8-9-23(31)22(14-20)29-34-16-26(35-29)30(2,3)19-6-4-5-18(13-19)7-10-27(36)37/h4-6,8-9,11-16,33H,7,10H2,1-3H3,(H,34,35)(H,36,37). The van der Waals surface area contributed by atoms with E-state index < -0.39 is 23.0 Å². The summed E-state index contributed by atoms with van der Waals surface area (Å²) < 4.78 is 35.6. The number of halogens is 2. The first-order valence-corrected chi connectivity index (χ1v) is 12.2. The van der Waals surface area contributed by atoms with Crippen LogP contribution in [0.25, 0.3) is 22.3 Å². The first-order chi connectivity index (χ1) is 18.1. The zero-order valence-electron chi connectivity index (χ0n) is 21.2. The Kier molecular flexibility index (Phi) is 6.48. The van der Waals surface area contributed by atoms with Crippen LogP contribution in [0.1, 0.15) is 42.7 Å². The number of fused-ring (bicyclic) bond motifs is 1. The first-order valence-electron chi connectivity index (χ1n) is 12.2. The number of nitrogens with zero attached hydrogens (tertiary/aromatic N) is 1. The summed E-state index contributed by atoms with van der Waals surface area (Å²) in [7, 11) is 0. The van der Waals surface area contributed by atoms with E-state index in [-0.39, 0.29) is 23.5 Å². The van der Waals surface area contributed by atoms with E-state index in [1.165, 1.54) is 24.3 Å². The van der Waals surface area contributed by atoms with Crippen LogP contribution in [0.4, 0.5) is 8.78 Å². The van der Waals surface area contributed by atoms with Crippen LogP contribution < -0.4 is 4.74 Å². The number of benzene rings is 3. The van der Waals surface area contributed by atoms with Crippen molar-refractivity contribution in [3.8, 4) is 22.9 Å². The quantitative estimate of drug-likeness (QED) is 0.203. The van der Waals surface area contributed by atoms with Crippen LogP contribution in [0.15, 0.2) is 67.0 Å². The number of hydrogen-bond donors (Lipinski definition) is 3. The summed E-state index contributed by atoms with van der Waals surface area (Å²) in [6.07, 6.45) is 3.88. The highest BCUT2D eigenvalue weighted by molar-refractivity contribution is 5.85. The van der Waals surface area contributed by atoms with E-state index in [0.717, 1.165) is 22.2 Å². The molecule has 8 heteroatoms. The molecule has 3 N–H and O–H groups in total. The van der Waals surface area contributed by atoms with Crippen molar-refractivity contribution in [2.24, 2.45) is 0 Å². The molecule has 2 aromatic heterocycles. The molecule has 38 heavy (non-hydrogen) atoms. The minimum atomic E-state index is -0.843. The molecule has 0 amide bonds. The number of ether oxygens (including phenoxy) is 1. The Morgan fingerprint density at radius 3 is 2.68 bits per heavy atom. The number of carboxylic acids is 1. The molecule has 0 unspecified atom stereocenters. The second kappa shape index (κ2) is 9.78. The van der Waals surface area contributed by atoms with Crippen LogP contribution in [-0.4, -0.2) is 26.0 Å². The lowest BCUT2D eigenvalue weighted by Gasteiger charge is -2.24. The number of nitrogens with one attached hydrogen (secondary N) is 2. The van der Waals surface area contributed by atoms with Gasteiger partial charge in [-0.15, -0.1) is 0 Å². The van der Waals surface area contributed by atoms with Gasteiger partial charge in [0.05, 0.1) is 5.56 Å². The topological polar surface area (TPSA) is 91.0 Å². The number of aryl methyl sites for hydroxylation is 2. The maximum absolute atomic E-state index is 14.9. The van der Waals surface area contributed by atoms with E-state index >= 15 is 0 Å². The van der Waals surface area contributed by atoms with Crippen LogP contribution in [0, 0.1) is 18.6 Å². The molecule has 0 aliphatic rings. The minimum absolute atomic E-state index is 0.0538. The molecular weight excluding hydrogens is 488 g/mol. The van der Waals surface area contributed by atoms with Crippen LogP contribution in [0.5, 0.6) is 11.5 Å².